The van der Waals surface area contributed by atoms with E-state index in [0.717, 1.165) is 16.8 Å². The highest BCUT2D eigenvalue weighted by Crippen LogP contribution is 2.24. The van der Waals surface area contributed by atoms with Crippen molar-refractivity contribution in [3.05, 3.63) is 53.1 Å². The van der Waals surface area contributed by atoms with Crippen molar-refractivity contribution in [1.29, 1.82) is 0 Å². The van der Waals surface area contributed by atoms with E-state index in [0.29, 0.717) is 10.7 Å². The molecule has 6 heteroatoms. The van der Waals surface area contributed by atoms with Crippen LogP contribution in [0.1, 0.15) is 16.7 Å². The first kappa shape index (κ1) is 15.8. The van der Waals surface area contributed by atoms with Crippen LogP contribution in [-0.4, -0.2) is 21.5 Å². The van der Waals surface area contributed by atoms with Crippen LogP contribution in [0.3, 0.4) is 0 Å². The maximum atomic E-state index is 9.39. The Kier molecular flexibility index (Phi) is 4.95. The lowest BCUT2D eigenvalue weighted by atomic mass is 10.1. The Morgan fingerprint density at radius 2 is 1.77 bits per heavy atom. The molecule has 0 atom stereocenters. The fraction of sp³-hybridized carbons (Fsp3) is 0.125. The smallest absolute Gasteiger partial charge is 0.191 e. The van der Waals surface area contributed by atoms with E-state index < -0.39 is 0 Å². The molecule has 0 bridgehead atoms. The van der Waals surface area contributed by atoms with E-state index in [-0.39, 0.29) is 11.5 Å². The zero-order valence-electron chi connectivity index (χ0n) is 12.3. The number of rotatable bonds is 3. The van der Waals surface area contributed by atoms with Gasteiger partial charge in [0.15, 0.2) is 16.6 Å². The van der Waals surface area contributed by atoms with E-state index >= 15 is 0 Å². The van der Waals surface area contributed by atoms with Crippen molar-refractivity contribution >= 4 is 29.2 Å². The standard InChI is InChI=1S/C16H17N3O2S/c1-10-4-3-5-11(2)15(10)18-16(22)19-17-9-12-6-7-13(20)14(21)8-12/h3-9,20-21H,1-2H3,(H2,18,19,22)/b17-9+. The Morgan fingerprint density at radius 3 is 2.41 bits per heavy atom. The Hall–Kier alpha value is -2.60. The summed E-state index contributed by atoms with van der Waals surface area (Å²) < 4.78 is 0. The predicted molar refractivity (Wildman–Crippen MR) is 92.6 cm³/mol. The van der Waals surface area contributed by atoms with Gasteiger partial charge in [-0.1, -0.05) is 18.2 Å². The molecule has 0 aromatic heterocycles. The van der Waals surface area contributed by atoms with E-state index in [1.54, 1.807) is 6.07 Å². The minimum absolute atomic E-state index is 0.169. The molecule has 0 amide bonds. The van der Waals surface area contributed by atoms with Gasteiger partial charge in [0.25, 0.3) is 0 Å². The molecule has 22 heavy (non-hydrogen) atoms. The predicted octanol–water partition coefficient (Wildman–Crippen LogP) is 3.04. The van der Waals surface area contributed by atoms with E-state index in [1.165, 1.54) is 18.3 Å². The second-order valence-electron chi connectivity index (χ2n) is 4.84. The lowest BCUT2D eigenvalue weighted by Crippen LogP contribution is -2.24. The van der Waals surface area contributed by atoms with Crippen LogP contribution in [0, 0.1) is 13.8 Å². The van der Waals surface area contributed by atoms with Crippen molar-refractivity contribution in [2.45, 2.75) is 13.8 Å². The third-order valence-corrected chi connectivity index (χ3v) is 3.29. The number of phenols is 2. The first-order chi connectivity index (χ1) is 10.5. The highest BCUT2D eigenvalue weighted by atomic mass is 32.1. The monoisotopic (exact) mass is 315 g/mol. The number of hydrazone groups is 1. The fourth-order valence-electron chi connectivity index (χ4n) is 1.94. The number of anilines is 1. The molecule has 0 fully saturated rings. The van der Waals surface area contributed by atoms with Crippen LogP contribution in [0.15, 0.2) is 41.5 Å². The number of nitrogens with zero attached hydrogens (tertiary/aromatic N) is 1. The summed E-state index contributed by atoms with van der Waals surface area (Å²) in [6.07, 6.45) is 1.50. The van der Waals surface area contributed by atoms with Crippen molar-refractivity contribution in [2.75, 3.05) is 5.32 Å². The van der Waals surface area contributed by atoms with Crippen LogP contribution in [-0.2, 0) is 0 Å². The van der Waals surface area contributed by atoms with Gasteiger partial charge in [0.05, 0.1) is 6.21 Å². The summed E-state index contributed by atoms with van der Waals surface area (Å²) in [4.78, 5) is 0. The second-order valence-corrected chi connectivity index (χ2v) is 5.25. The number of thiocarbonyl (C=S) groups is 1. The van der Waals surface area contributed by atoms with Gasteiger partial charge in [-0.2, -0.15) is 5.10 Å². The molecule has 0 aliphatic heterocycles. The molecule has 0 heterocycles. The minimum Gasteiger partial charge on any atom is -0.504 e. The van der Waals surface area contributed by atoms with Gasteiger partial charge in [0, 0.05) is 5.69 Å². The molecule has 2 aromatic carbocycles. The molecule has 0 aliphatic carbocycles. The molecular weight excluding hydrogens is 298 g/mol. The van der Waals surface area contributed by atoms with Gasteiger partial charge in [0.2, 0.25) is 0 Å². The normalized spacial score (nSPS) is 10.6. The largest absolute Gasteiger partial charge is 0.504 e. The zero-order valence-corrected chi connectivity index (χ0v) is 13.1. The number of hydrogen-bond acceptors (Lipinski definition) is 4. The second kappa shape index (κ2) is 6.91. The maximum Gasteiger partial charge on any atom is 0.191 e. The Morgan fingerprint density at radius 1 is 1.09 bits per heavy atom. The summed E-state index contributed by atoms with van der Waals surface area (Å²) in [5.74, 6) is -0.363. The highest BCUT2D eigenvalue weighted by molar-refractivity contribution is 7.80. The molecule has 0 spiro atoms. The lowest BCUT2D eigenvalue weighted by Gasteiger charge is -2.12. The van der Waals surface area contributed by atoms with E-state index in [2.05, 4.69) is 15.8 Å². The summed E-state index contributed by atoms with van der Waals surface area (Å²) in [5, 5.41) is 26.1. The van der Waals surface area contributed by atoms with E-state index in [9.17, 15) is 10.2 Å². The first-order valence-electron chi connectivity index (χ1n) is 6.65. The van der Waals surface area contributed by atoms with Crippen molar-refractivity contribution in [3.63, 3.8) is 0 Å². The molecule has 2 rings (SSSR count). The van der Waals surface area contributed by atoms with E-state index in [1.807, 2.05) is 32.0 Å². The van der Waals surface area contributed by atoms with Gasteiger partial charge in [-0.05, 0) is 61.0 Å². The van der Waals surface area contributed by atoms with E-state index in [4.69, 9.17) is 12.2 Å². The third-order valence-electron chi connectivity index (χ3n) is 3.10. The Bertz CT molecular complexity index is 709. The van der Waals surface area contributed by atoms with Gasteiger partial charge in [0.1, 0.15) is 0 Å². The summed E-state index contributed by atoms with van der Waals surface area (Å²) in [7, 11) is 0. The lowest BCUT2D eigenvalue weighted by molar-refractivity contribution is 0.403. The fourth-order valence-corrected chi connectivity index (χ4v) is 2.09. The Balaban J connectivity index is 1.98. The number of aryl methyl sites for hydroxylation is 2. The van der Waals surface area contributed by atoms with Crippen molar-refractivity contribution in [2.24, 2.45) is 5.10 Å². The van der Waals surface area contributed by atoms with Gasteiger partial charge in [-0.15, -0.1) is 0 Å². The Labute approximate surface area is 134 Å². The summed E-state index contributed by atoms with van der Waals surface area (Å²) in [5.41, 5.74) is 6.49. The van der Waals surface area contributed by atoms with Gasteiger partial charge < -0.3 is 15.5 Å². The zero-order chi connectivity index (χ0) is 16.1. The molecule has 114 valence electrons. The molecule has 0 aliphatic rings. The van der Waals surface area contributed by atoms with Crippen LogP contribution < -0.4 is 10.7 Å². The number of hydrogen-bond donors (Lipinski definition) is 4. The molecular formula is C16H17N3O2S. The molecule has 0 radical (unpaired) electrons. The first-order valence-corrected chi connectivity index (χ1v) is 7.06. The molecule has 2 aromatic rings. The quantitative estimate of drug-likeness (QED) is 0.303. The number of benzene rings is 2. The summed E-state index contributed by atoms with van der Waals surface area (Å²) >= 11 is 5.19. The van der Waals surface area contributed by atoms with Gasteiger partial charge in [-0.25, -0.2) is 0 Å². The molecule has 0 saturated heterocycles. The average molecular weight is 315 g/mol. The van der Waals surface area contributed by atoms with Crippen LogP contribution >= 0.6 is 12.2 Å². The van der Waals surface area contributed by atoms with Crippen molar-refractivity contribution < 1.29 is 10.2 Å². The number of para-hydroxylation sites is 1. The summed E-state index contributed by atoms with van der Waals surface area (Å²) in [6, 6.07) is 10.4. The number of nitrogens with one attached hydrogen (secondary N) is 2. The number of aromatic hydroxyl groups is 2. The van der Waals surface area contributed by atoms with Crippen molar-refractivity contribution in [1.82, 2.24) is 5.43 Å². The molecule has 0 saturated carbocycles. The molecule has 4 N–H and O–H groups in total. The third kappa shape index (κ3) is 3.95. The van der Waals surface area contributed by atoms with Gasteiger partial charge in [-0.3, -0.25) is 5.43 Å². The van der Waals surface area contributed by atoms with Crippen LogP contribution in [0.25, 0.3) is 0 Å². The molecule has 0 unspecified atom stereocenters. The minimum atomic E-state index is -0.194. The maximum absolute atomic E-state index is 9.39. The van der Waals surface area contributed by atoms with Crippen molar-refractivity contribution in [3.8, 4) is 11.5 Å². The molecule has 5 nitrogen and oxygen atoms in total. The average Bonchev–Trinajstić information content (AvgIpc) is 2.47. The van der Waals surface area contributed by atoms with Crippen LogP contribution in [0.4, 0.5) is 5.69 Å². The number of phenolic OH excluding ortho intramolecular Hbond substituents is 2. The van der Waals surface area contributed by atoms with Crippen LogP contribution in [0.5, 0.6) is 11.5 Å². The topological polar surface area (TPSA) is 76.9 Å². The SMILES string of the molecule is Cc1cccc(C)c1NC(=S)N/N=C/c1ccc(O)c(O)c1. The van der Waals surface area contributed by atoms with Crippen LogP contribution in [0.2, 0.25) is 0 Å². The van der Waals surface area contributed by atoms with Gasteiger partial charge >= 0.3 is 0 Å². The summed E-state index contributed by atoms with van der Waals surface area (Å²) in [6.45, 7) is 4.00. The highest BCUT2D eigenvalue weighted by Gasteiger charge is 2.03.